The fourth-order valence-corrected chi connectivity index (χ4v) is 1.46. The van der Waals surface area contributed by atoms with Crippen LogP contribution in [0.1, 0.15) is 12.0 Å². The summed E-state index contributed by atoms with van der Waals surface area (Å²) >= 11 is 0. The molecule has 0 spiro atoms. The molecule has 18 heavy (non-hydrogen) atoms. The Hall–Kier alpha value is -1.95. The first-order valence-electron chi connectivity index (χ1n) is 5.41. The summed E-state index contributed by atoms with van der Waals surface area (Å²) < 4.78 is 12.6. The third-order valence-electron chi connectivity index (χ3n) is 2.39. The summed E-state index contributed by atoms with van der Waals surface area (Å²) in [5.41, 5.74) is 0.850. The molecule has 0 aliphatic rings. The molecule has 6 heteroatoms. The summed E-state index contributed by atoms with van der Waals surface area (Å²) in [6.45, 7) is 0.315. The molecule has 98 valence electrons. The maximum atomic E-state index is 12.6. The minimum atomic E-state index is -1.20. The first-order valence-corrected chi connectivity index (χ1v) is 5.41. The van der Waals surface area contributed by atoms with Crippen molar-refractivity contribution in [1.82, 2.24) is 5.32 Å². The average Bonchev–Trinajstić information content (AvgIpc) is 2.29. The predicted octanol–water partition coefficient (Wildman–Crippen LogP) is 0.886. The topological polar surface area (TPSA) is 86.6 Å². The van der Waals surface area contributed by atoms with E-state index in [1.807, 2.05) is 0 Å². The second-order valence-corrected chi connectivity index (χ2v) is 3.82. The van der Waals surface area contributed by atoms with Crippen molar-refractivity contribution in [3.63, 3.8) is 0 Å². The summed E-state index contributed by atoms with van der Waals surface area (Å²) in [6.07, 6.45) is 0.0302. The largest absolute Gasteiger partial charge is 0.481 e. The lowest BCUT2D eigenvalue weighted by Crippen LogP contribution is -2.39. The van der Waals surface area contributed by atoms with E-state index in [-0.39, 0.29) is 5.82 Å². The standard InChI is InChI=1S/C12H14FNO4/c13-9-3-1-8(2-4-9)5-6-14-10(12(17)18)7-11(15)16/h1-4,10,14H,5-7H2,(H,15,16)(H,17,18). The van der Waals surface area contributed by atoms with Gasteiger partial charge in [-0.2, -0.15) is 0 Å². The quantitative estimate of drug-likeness (QED) is 0.673. The Balaban J connectivity index is 2.41. The van der Waals surface area contributed by atoms with E-state index in [1.54, 1.807) is 12.1 Å². The lowest BCUT2D eigenvalue weighted by molar-refractivity contribution is -0.145. The average molecular weight is 255 g/mol. The Bertz CT molecular complexity index is 419. The number of benzene rings is 1. The van der Waals surface area contributed by atoms with E-state index < -0.39 is 24.4 Å². The predicted molar refractivity (Wildman–Crippen MR) is 61.8 cm³/mol. The van der Waals surface area contributed by atoms with Crippen molar-refractivity contribution in [3.05, 3.63) is 35.6 Å². The van der Waals surface area contributed by atoms with Gasteiger partial charge in [0.05, 0.1) is 6.42 Å². The highest BCUT2D eigenvalue weighted by Gasteiger charge is 2.19. The Morgan fingerprint density at radius 2 is 1.83 bits per heavy atom. The van der Waals surface area contributed by atoms with Gasteiger partial charge in [0.1, 0.15) is 11.9 Å². The maximum absolute atomic E-state index is 12.6. The van der Waals surface area contributed by atoms with Crippen molar-refractivity contribution in [2.45, 2.75) is 18.9 Å². The van der Waals surface area contributed by atoms with E-state index in [1.165, 1.54) is 12.1 Å². The lowest BCUT2D eigenvalue weighted by atomic mass is 10.1. The van der Waals surface area contributed by atoms with Crippen molar-refractivity contribution in [3.8, 4) is 0 Å². The Labute approximate surface area is 103 Å². The molecule has 0 saturated heterocycles. The summed E-state index contributed by atoms with van der Waals surface area (Å²) in [5, 5.41) is 20.0. The van der Waals surface area contributed by atoms with Gasteiger partial charge in [-0.15, -0.1) is 0 Å². The van der Waals surface area contributed by atoms with E-state index in [4.69, 9.17) is 10.2 Å². The van der Waals surface area contributed by atoms with E-state index in [2.05, 4.69) is 5.32 Å². The molecular formula is C12H14FNO4. The monoisotopic (exact) mass is 255 g/mol. The molecule has 0 aliphatic heterocycles. The minimum absolute atomic E-state index is 0.315. The van der Waals surface area contributed by atoms with E-state index in [0.29, 0.717) is 13.0 Å². The molecule has 3 N–H and O–H groups in total. The van der Waals surface area contributed by atoms with Gasteiger partial charge in [0.2, 0.25) is 0 Å². The second kappa shape index (κ2) is 6.70. The van der Waals surface area contributed by atoms with Gasteiger partial charge in [-0.3, -0.25) is 9.59 Å². The number of rotatable bonds is 7. The zero-order valence-corrected chi connectivity index (χ0v) is 9.60. The molecule has 1 rings (SSSR count). The highest BCUT2D eigenvalue weighted by Crippen LogP contribution is 2.03. The number of carbonyl (C=O) groups is 2. The summed E-state index contributed by atoms with van der Waals surface area (Å²) in [4.78, 5) is 21.2. The van der Waals surface area contributed by atoms with Crippen molar-refractivity contribution in [2.75, 3.05) is 6.54 Å². The molecule has 0 bridgehead atoms. The molecule has 0 heterocycles. The van der Waals surface area contributed by atoms with Crippen LogP contribution in [0.4, 0.5) is 4.39 Å². The van der Waals surface area contributed by atoms with Gasteiger partial charge < -0.3 is 15.5 Å². The van der Waals surface area contributed by atoms with Crippen LogP contribution in [0.2, 0.25) is 0 Å². The Kier molecular flexibility index (Phi) is 5.26. The molecule has 5 nitrogen and oxygen atoms in total. The molecule has 0 aromatic heterocycles. The van der Waals surface area contributed by atoms with Crippen LogP contribution in [0.15, 0.2) is 24.3 Å². The number of halogens is 1. The van der Waals surface area contributed by atoms with Gasteiger partial charge in [-0.05, 0) is 30.7 Å². The summed E-state index contributed by atoms with van der Waals surface area (Å²) in [7, 11) is 0. The maximum Gasteiger partial charge on any atom is 0.321 e. The molecule has 0 amide bonds. The van der Waals surface area contributed by atoms with Crippen LogP contribution in [0.5, 0.6) is 0 Å². The van der Waals surface area contributed by atoms with Gasteiger partial charge in [-0.25, -0.2) is 4.39 Å². The summed E-state index contributed by atoms with van der Waals surface area (Å²) in [6, 6.07) is 4.74. The molecule has 0 aliphatic carbocycles. The van der Waals surface area contributed by atoms with Gasteiger partial charge in [0, 0.05) is 0 Å². The third-order valence-corrected chi connectivity index (χ3v) is 2.39. The van der Waals surface area contributed by atoms with E-state index in [9.17, 15) is 14.0 Å². The van der Waals surface area contributed by atoms with Crippen molar-refractivity contribution >= 4 is 11.9 Å². The molecule has 1 aromatic carbocycles. The van der Waals surface area contributed by atoms with Crippen LogP contribution in [-0.2, 0) is 16.0 Å². The van der Waals surface area contributed by atoms with Gasteiger partial charge in [-0.1, -0.05) is 12.1 Å². The second-order valence-electron chi connectivity index (χ2n) is 3.82. The smallest absolute Gasteiger partial charge is 0.321 e. The minimum Gasteiger partial charge on any atom is -0.481 e. The number of aliphatic carboxylic acids is 2. The molecule has 0 radical (unpaired) electrons. The van der Waals surface area contributed by atoms with Crippen LogP contribution >= 0.6 is 0 Å². The van der Waals surface area contributed by atoms with Crippen molar-refractivity contribution in [1.29, 1.82) is 0 Å². The number of hydrogen-bond donors (Lipinski definition) is 3. The fourth-order valence-electron chi connectivity index (χ4n) is 1.46. The summed E-state index contributed by atoms with van der Waals surface area (Å²) in [5.74, 6) is -2.70. The SMILES string of the molecule is O=C(O)CC(NCCc1ccc(F)cc1)C(=O)O. The molecule has 1 unspecified atom stereocenters. The van der Waals surface area contributed by atoms with Crippen molar-refractivity contribution < 1.29 is 24.2 Å². The third kappa shape index (κ3) is 4.92. The van der Waals surface area contributed by atoms with Crippen LogP contribution < -0.4 is 5.32 Å². The number of hydrogen-bond acceptors (Lipinski definition) is 3. The Morgan fingerprint density at radius 3 is 2.33 bits per heavy atom. The number of carboxylic acids is 2. The molecule has 1 aromatic rings. The first kappa shape index (κ1) is 14.1. The number of nitrogens with one attached hydrogen (secondary N) is 1. The molecular weight excluding hydrogens is 241 g/mol. The van der Waals surface area contributed by atoms with Crippen LogP contribution in [-0.4, -0.2) is 34.7 Å². The van der Waals surface area contributed by atoms with Crippen LogP contribution in [0, 0.1) is 5.82 Å². The molecule has 1 atom stereocenters. The zero-order chi connectivity index (χ0) is 13.5. The zero-order valence-electron chi connectivity index (χ0n) is 9.60. The van der Waals surface area contributed by atoms with Gasteiger partial charge in [0.15, 0.2) is 0 Å². The highest BCUT2D eigenvalue weighted by atomic mass is 19.1. The van der Waals surface area contributed by atoms with Crippen LogP contribution in [0.25, 0.3) is 0 Å². The van der Waals surface area contributed by atoms with Crippen molar-refractivity contribution in [2.24, 2.45) is 0 Å². The highest BCUT2D eigenvalue weighted by molar-refractivity contribution is 5.80. The van der Waals surface area contributed by atoms with E-state index in [0.717, 1.165) is 5.56 Å². The van der Waals surface area contributed by atoms with Gasteiger partial charge >= 0.3 is 11.9 Å². The number of carboxylic acid groups (broad SMARTS) is 2. The lowest BCUT2D eigenvalue weighted by Gasteiger charge is -2.12. The van der Waals surface area contributed by atoms with Gasteiger partial charge in [0.25, 0.3) is 0 Å². The Morgan fingerprint density at radius 1 is 1.22 bits per heavy atom. The molecule has 0 fully saturated rings. The molecule has 0 saturated carbocycles. The fraction of sp³-hybridized carbons (Fsp3) is 0.333. The van der Waals surface area contributed by atoms with E-state index >= 15 is 0 Å². The first-order chi connectivity index (χ1) is 8.49. The van der Waals surface area contributed by atoms with Crippen LogP contribution in [0.3, 0.4) is 0 Å². The normalized spacial score (nSPS) is 12.1.